The molecule has 0 radical (unpaired) electrons. The van der Waals surface area contributed by atoms with E-state index in [-0.39, 0.29) is 18.1 Å². The summed E-state index contributed by atoms with van der Waals surface area (Å²) in [6, 6.07) is 6.38. The Balaban J connectivity index is 1.67. The summed E-state index contributed by atoms with van der Waals surface area (Å²) in [4.78, 5) is 0. The molecule has 1 aliphatic carbocycles. The van der Waals surface area contributed by atoms with Gasteiger partial charge in [-0.15, -0.1) is 0 Å². The first-order valence-corrected chi connectivity index (χ1v) is 7.22. The summed E-state index contributed by atoms with van der Waals surface area (Å²) in [7, 11) is 0. The van der Waals surface area contributed by atoms with E-state index in [4.69, 9.17) is 17.3 Å². The maximum absolute atomic E-state index is 10.3. The zero-order chi connectivity index (χ0) is 13.4. The van der Waals surface area contributed by atoms with Crippen molar-refractivity contribution in [2.75, 3.05) is 6.54 Å². The standard InChI is InChI=1S/C14H20ClN3O/c15-9-3-1-8-2-4-12(11(8)5-9)18-14(19)13-6-10(16)7-17-13/h1,3,5,10,12-14,17-19H,2,4,6-7,16H2. The highest BCUT2D eigenvalue weighted by Gasteiger charge is 2.31. The Morgan fingerprint density at radius 3 is 3.05 bits per heavy atom. The first kappa shape index (κ1) is 13.3. The Morgan fingerprint density at radius 2 is 2.32 bits per heavy atom. The molecule has 1 heterocycles. The molecular weight excluding hydrogens is 262 g/mol. The fourth-order valence-electron chi connectivity index (χ4n) is 3.10. The van der Waals surface area contributed by atoms with Gasteiger partial charge in [0.25, 0.3) is 0 Å². The third-order valence-corrected chi connectivity index (χ3v) is 4.37. The van der Waals surface area contributed by atoms with Gasteiger partial charge in [0.05, 0.1) is 0 Å². The minimum absolute atomic E-state index is 0.0400. The molecule has 0 bridgehead atoms. The molecule has 5 N–H and O–H groups in total. The number of aryl methyl sites for hydroxylation is 1. The fourth-order valence-corrected chi connectivity index (χ4v) is 3.29. The number of halogens is 1. The number of rotatable bonds is 3. The number of benzene rings is 1. The van der Waals surface area contributed by atoms with Gasteiger partial charge in [-0.05, 0) is 42.5 Å². The molecule has 1 aromatic rings. The lowest BCUT2D eigenvalue weighted by molar-refractivity contribution is 0.0874. The number of fused-ring (bicyclic) bond motifs is 1. The molecule has 0 aromatic heterocycles. The smallest absolute Gasteiger partial charge is 0.120 e. The maximum Gasteiger partial charge on any atom is 0.120 e. The van der Waals surface area contributed by atoms with Crippen LogP contribution in [-0.4, -0.2) is 30.0 Å². The topological polar surface area (TPSA) is 70.3 Å². The van der Waals surface area contributed by atoms with Gasteiger partial charge in [-0.2, -0.15) is 0 Å². The van der Waals surface area contributed by atoms with Crippen molar-refractivity contribution in [2.24, 2.45) is 5.73 Å². The zero-order valence-electron chi connectivity index (χ0n) is 10.8. The molecule has 1 saturated heterocycles. The van der Waals surface area contributed by atoms with Gasteiger partial charge in [0.2, 0.25) is 0 Å². The van der Waals surface area contributed by atoms with Crippen LogP contribution in [0.5, 0.6) is 0 Å². The van der Waals surface area contributed by atoms with Crippen molar-refractivity contribution in [3.05, 3.63) is 34.3 Å². The Kier molecular flexibility index (Phi) is 3.78. The van der Waals surface area contributed by atoms with Crippen LogP contribution in [0.15, 0.2) is 18.2 Å². The van der Waals surface area contributed by atoms with Crippen molar-refractivity contribution in [1.82, 2.24) is 10.6 Å². The molecule has 3 rings (SSSR count). The van der Waals surface area contributed by atoms with Gasteiger partial charge in [-0.3, -0.25) is 5.32 Å². The molecule has 0 saturated carbocycles. The summed E-state index contributed by atoms with van der Waals surface area (Å²) in [5.41, 5.74) is 8.39. The van der Waals surface area contributed by atoms with E-state index < -0.39 is 6.23 Å². The summed E-state index contributed by atoms with van der Waals surface area (Å²) in [6.45, 7) is 0.774. The molecule has 0 amide bonds. The van der Waals surface area contributed by atoms with E-state index >= 15 is 0 Å². The molecule has 4 unspecified atom stereocenters. The van der Waals surface area contributed by atoms with Gasteiger partial charge in [0.15, 0.2) is 0 Å². The van der Waals surface area contributed by atoms with Crippen LogP contribution in [0.25, 0.3) is 0 Å². The largest absolute Gasteiger partial charge is 0.377 e. The van der Waals surface area contributed by atoms with Crippen LogP contribution in [0.1, 0.15) is 30.0 Å². The summed E-state index contributed by atoms with van der Waals surface area (Å²) in [5, 5.41) is 17.6. The first-order chi connectivity index (χ1) is 9.13. The van der Waals surface area contributed by atoms with Crippen molar-refractivity contribution < 1.29 is 5.11 Å². The second-order valence-electron chi connectivity index (χ2n) is 5.56. The predicted molar refractivity (Wildman–Crippen MR) is 76.0 cm³/mol. The second-order valence-corrected chi connectivity index (χ2v) is 5.99. The lowest BCUT2D eigenvalue weighted by atomic mass is 10.1. The van der Waals surface area contributed by atoms with Crippen molar-refractivity contribution in [3.63, 3.8) is 0 Å². The minimum Gasteiger partial charge on any atom is -0.377 e. The summed E-state index contributed by atoms with van der Waals surface area (Å²) >= 11 is 6.05. The molecule has 1 aromatic carbocycles. The van der Waals surface area contributed by atoms with E-state index in [1.807, 2.05) is 12.1 Å². The Hall–Kier alpha value is -0.650. The Labute approximate surface area is 118 Å². The Bertz CT molecular complexity index is 468. The van der Waals surface area contributed by atoms with Crippen molar-refractivity contribution in [3.8, 4) is 0 Å². The van der Waals surface area contributed by atoms with Crippen molar-refractivity contribution >= 4 is 11.6 Å². The van der Waals surface area contributed by atoms with Gasteiger partial charge < -0.3 is 16.2 Å². The molecule has 1 fully saturated rings. The van der Waals surface area contributed by atoms with E-state index in [9.17, 15) is 5.11 Å². The zero-order valence-corrected chi connectivity index (χ0v) is 11.5. The molecule has 0 spiro atoms. The second kappa shape index (κ2) is 5.38. The fraction of sp³-hybridized carbons (Fsp3) is 0.571. The molecule has 4 nitrogen and oxygen atoms in total. The van der Waals surface area contributed by atoms with E-state index in [1.54, 1.807) is 0 Å². The van der Waals surface area contributed by atoms with Crippen LogP contribution in [-0.2, 0) is 6.42 Å². The lowest BCUT2D eigenvalue weighted by Crippen LogP contribution is -2.45. The maximum atomic E-state index is 10.3. The van der Waals surface area contributed by atoms with Crippen LogP contribution in [0.4, 0.5) is 0 Å². The van der Waals surface area contributed by atoms with Crippen LogP contribution in [0.2, 0.25) is 5.02 Å². The van der Waals surface area contributed by atoms with Gasteiger partial charge in [0.1, 0.15) is 6.23 Å². The SMILES string of the molecule is NC1CNC(C(O)NC2CCc3ccc(Cl)cc32)C1. The average Bonchev–Trinajstić information content (AvgIpc) is 2.97. The highest BCUT2D eigenvalue weighted by atomic mass is 35.5. The molecule has 2 aliphatic rings. The molecule has 1 aliphatic heterocycles. The van der Waals surface area contributed by atoms with Crippen molar-refractivity contribution in [2.45, 2.75) is 43.6 Å². The normalized spacial score (nSPS) is 31.4. The summed E-state index contributed by atoms with van der Waals surface area (Å²) in [6.07, 6.45) is 2.28. The average molecular weight is 282 g/mol. The third-order valence-electron chi connectivity index (χ3n) is 4.14. The Morgan fingerprint density at radius 1 is 1.47 bits per heavy atom. The van der Waals surface area contributed by atoms with Crippen LogP contribution < -0.4 is 16.4 Å². The van der Waals surface area contributed by atoms with Gasteiger partial charge >= 0.3 is 0 Å². The monoisotopic (exact) mass is 281 g/mol. The number of hydrogen-bond donors (Lipinski definition) is 4. The summed E-state index contributed by atoms with van der Waals surface area (Å²) in [5.74, 6) is 0. The number of aliphatic hydroxyl groups excluding tert-OH is 1. The third kappa shape index (κ3) is 2.78. The molecule has 104 valence electrons. The van der Waals surface area contributed by atoms with E-state index in [1.165, 1.54) is 11.1 Å². The van der Waals surface area contributed by atoms with Crippen LogP contribution >= 0.6 is 11.6 Å². The van der Waals surface area contributed by atoms with Crippen molar-refractivity contribution in [1.29, 1.82) is 0 Å². The quantitative estimate of drug-likeness (QED) is 0.622. The van der Waals surface area contributed by atoms with Gasteiger partial charge in [-0.25, -0.2) is 0 Å². The van der Waals surface area contributed by atoms with Crippen LogP contribution in [0, 0.1) is 0 Å². The molecule has 5 heteroatoms. The van der Waals surface area contributed by atoms with Gasteiger partial charge in [0, 0.05) is 29.7 Å². The van der Waals surface area contributed by atoms with E-state index in [0.717, 1.165) is 30.8 Å². The number of hydrogen-bond acceptors (Lipinski definition) is 4. The first-order valence-electron chi connectivity index (χ1n) is 6.85. The van der Waals surface area contributed by atoms with E-state index in [2.05, 4.69) is 16.7 Å². The number of nitrogens with two attached hydrogens (primary N) is 1. The molecular formula is C14H20ClN3O. The van der Waals surface area contributed by atoms with Crippen LogP contribution in [0.3, 0.4) is 0 Å². The highest BCUT2D eigenvalue weighted by molar-refractivity contribution is 6.30. The number of aliphatic hydroxyl groups is 1. The minimum atomic E-state index is -0.566. The molecule has 19 heavy (non-hydrogen) atoms. The van der Waals surface area contributed by atoms with E-state index in [0.29, 0.717) is 0 Å². The lowest BCUT2D eigenvalue weighted by Gasteiger charge is -2.24. The predicted octanol–water partition coefficient (Wildman–Crippen LogP) is 0.925. The molecule has 4 atom stereocenters. The summed E-state index contributed by atoms with van der Waals surface area (Å²) < 4.78 is 0. The highest BCUT2D eigenvalue weighted by Crippen LogP contribution is 2.33. The number of nitrogens with one attached hydrogen (secondary N) is 2. The van der Waals surface area contributed by atoms with Gasteiger partial charge in [-0.1, -0.05) is 17.7 Å².